The van der Waals surface area contributed by atoms with Gasteiger partial charge in [-0.1, -0.05) is 5.16 Å². The van der Waals surface area contributed by atoms with E-state index in [9.17, 15) is 0 Å². The van der Waals surface area contributed by atoms with Gasteiger partial charge in [-0.3, -0.25) is 9.80 Å². The second-order valence-corrected chi connectivity index (χ2v) is 5.62. The molecule has 2 aliphatic heterocycles. The summed E-state index contributed by atoms with van der Waals surface area (Å²) in [5.41, 5.74) is 1.06. The summed E-state index contributed by atoms with van der Waals surface area (Å²) < 4.78 is 5.10. The van der Waals surface area contributed by atoms with Crippen molar-refractivity contribution in [3.05, 3.63) is 17.5 Å². The number of hydrogen-bond acceptors (Lipinski definition) is 5. The molecule has 1 aromatic heterocycles. The summed E-state index contributed by atoms with van der Waals surface area (Å²) in [6, 6.07) is 2.79. The molecule has 100 valence electrons. The Morgan fingerprint density at radius 1 is 1.28 bits per heavy atom. The minimum Gasteiger partial charge on any atom is -0.361 e. The predicted octanol–water partition coefficient (Wildman–Crippen LogP) is 0.415. The molecule has 0 aromatic carbocycles. The van der Waals surface area contributed by atoms with E-state index < -0.39 is 0 Å². The third-order valence-corrected chi connectivity index (χ3v) is 4.05. The standard InChI is InChI=1S/C13H22N4O/c1-11-7-12(14-18-11)8-16-9-13(10-16)17-5-3-15(2)4-6-17/h7,13H,3-6,8-10H2,1-2H3. The Bertz CT molecular complexity index is 391. The van der Waals surface area contributed by atoms with Crippen molar-refractivity contribution in [2.45, 2.75) is 19.5 Å². The Hall–Kier alpha value is -0.910. The Balaban J connectivity index is 1.43. The van der Waals surface area contributed by atoms with Gasteiger partial charge in [-0.05, 0) is 14.0 Å². The molecule has 3 heterocycles. The second kappa shape index (κ2) is 4.99. The van der Waals surface area contributed by atoms with Crippen molar-refractivity contribution in [3.8, 4) is 0 Å². The van der Waals surface area contributed by atoms with Crippen molar-refractivity contribution in [1.29, 1.82) is 0 Å². The first kappa shape index (κ1) is 12.1. The minimum atomic E-state index is 0.756. The Labute approximate surface area is 108 Å². The van der Waals surface area contributed by atoms with Gasteiger partial charge in [0.15, 0.2) is 0 Å². The fraction of sp³-hybridized carbons (Fsp3) is 0.769. The fourth-order valence-electron chi connectivity index (χ4n) is 2.81. The van der Waals surface area contributed by atoms with Crippen LogP contribution in [0.1, 0.15) is 11.5 Å². The maximum atomic E-state index is 5.10. The highest BCUT2D eigenvalue weighted by molar-refractivity contribution is 5.05. The van der Waals surface area contributed by atoms with E-state index in [0.29, 0.717) is 0 Å². The van der Waals surface area contributed by atoms with Crippen molar-refractivity contribution >= 4 is 0 Å². The maximum absolute atomic E-state index is 5.10. The number of piperazine rings is 1. The van der Waals surface area contributed by atoms with E-state index in [0.717, 1.165) is 24.0 Å². The van der Waals surface area contributed by atoms with Gasteiger partial charge < -0.3 is 9.42 Å². The largest absolute Gasteiger partial charge is 0.361 e. The quantitative estimate of drug-likeness (QED) is 0.777. The number of aromatic nitrogens is 1. The molecule has 2 fully saturated rings. The molecule has 5 nitrogen and oxygen atoms in total. The van der Waals surface area contributed by atoms with Crippen LogP contribution in [0.25, 0.3) is 0 Å². The van der Waals surface area contributed by atoms with Gasteiger partial charge in [-0.15, -0.1) is 0 Å². The molecule has 0 spiro atoms. The molecule has 0 aliphatic carbocycles. The summed E-state index contributed by atoms with van der Waals surface area (Å²) in [4.78, 5) is 7.48. The maximum Gasteiger partial charge on any atom is 0.133 e. The molecule has 2 saturated heterocycles. The molecule has 1 aromatic rings. The number of aryl methyl sites for hydroxylation is 1. The lowest BCUT2D eigenvalue weighted by molar-refractivity contribution is 0.00449. The summed E-state index contributed by atoms with van der Waals surface area (Å²) in [6.07, 6.45) is 0. The smallest absolute Gasteiger partial charge is 0.133 e. The van der Waals surface area contributed by atoms with Crippen LogP contribution in [-0.2, 0) is 6.54 Å². The number of likely N-dealkylation sites (N-methyl/N-ethyl adjacent to an activating group) is 1. The van der Waals surface area contributed by atoms with Gasteiger partial charge in [-0.2, -0.15) is 0 Å². The zero-order valence-electron chi connectivity index (χ0n) is 11.3. The summed E-state index contributed by atoms with van der Waals surface area (Å²) in [5.74, 6) is 0.904. The van der Waals surface area contributed by atoms with Crippen LogP contribution in [0.2, 0.25) is 0 Å². The molecule has 0 radical (unpaired) electrons. The summed E-state index contributed by atoms with van der Waals surface area (Å²) in [6.45, 7) is 10.1. The molecule has 0 N–H and O–H groups in total. The lowest BCUT2D eigenvalue weighted by atomic mass is 10.1. The van der Waals surface area contributed by atoms with Crippen LogP contribution in [0.5, 0.6) is 0 Å². The van der Waals surface area contributed by atoms with Crippen LogP contribution < -0.4 is 0 Å². The molecular weight excluding hydrogens is 228 g/mol. The minimum absolute atomic E-state index is 0.756. The van der Waals surface area contributed by atoms with Crippen molar-refractivity contribution in [3.63, 3.8) is 0 Å². The number of nitrogens with zero attached hydrogens (tertiary/aromatic N) is 4. The number of hydrogen-bond donors (Lipinski definition) is 0. The fourth-order valence-corrected chi connectivity index (χ4v) is 2.81. The molecule has 3 rings (SSSR count). The Morgan fingerprint density at radius 2 is 2.00 bits per heavy atom. The highest BCUT2D eigenvalue weighted by atomic mass is 16.5. The second-order valence-electron chi connectivity index (χ2n) is 5.62. The van der Waals surface area contributed by atoms with E-state index in [1.807, 2.05) is 13.0 Å². The molecular formula is C13H22N4O. The average molecular weight is 250 g/mol. The SMILES string of the molecule is Cc1cc(CN2CC(N3CCN(C)CC3)C2)no1. The highest BCUT2D eigenvalue weighted by Gasteiger charge is 2.33. The summed E-state index contributed by atoms with van der Waals surface area (Å²) in [5, 5.41) is 4.05. The van der Waals surface area contributed by atoms with E-state index in [2.05, 4.69) is 26.9 Å². The van der Waals surface area contributed by atoms with E-state index in [1.165, 1.54) is 39.3 Å². The van der Waals surface area contributed by atoms with Gasteiger partial charge in [0.05, 0.1) is 5.69 Å². The first-order valence-corrected chi connectivity index (χ1v) is 6.78. The molecule has 0 bridgehead atoms. The molecule has 5 heteroatoms. The Morgan fingerprint density at radius 3 is 2.61 bits per heavy atom. The van der Waals surface area contributed by atoms with Crippen molar-refractivity contribution < 1.29 is 4.52 Å². The van der Waals surface area contributed by atoms with Gasteiger partial charge >= 0.3 is 0 Å². The highest BCUT2D eigenvalue weighted by Crippen LogP contribution is 2.19. The number of rotatable bonds is 3. The van der Waals surface area contributed by atoms with Gasteiger partial charge in [0.25, 0.3) is 0 Å². The van der Waals surface area contributed by atoms with Crippen molar-refractivity contribution in [2.24, 2.45) is 0 Å². The average Bonchev–Trinajstić information content (AvgIpc) is 2.71. The van der Waals surface area contributed by atoms with Crippen molar-refractivity contribution in [2.75, 3.05) is 46.3 Å². The summed E-state index contributed by atoms with van der Waals surface area (Å²) in [7, 11) is 2.21. The molecule has 2 aliphatic rings. The Kier molecular flexibility index (Phi) is 3.37. The zero-order chi connectivity index (χ0) is 12.5. The molecule has 18 heavy (non-hydrogen) atoms. The topological polar surface area (TPSA) is 35.8 Å². The van der Waals surface area contributed by atoms with Crippen LogP contribution in [0.3, 0.4) is 0 Å². The van der Waals surface area contributed by atoms with Gasteiger partial charge in [0.1, 0.15) is 5.76 Å². The van der Waals surface area contributed by atoms with Gasteiger partial charge in [0, 0.05) is 57.9 Å². The lowest BCUT2D eigenvalue weighted by Crippen LogP contribution is -2.62. The van der Waals surface area contributed by atoms with Gasteiger partial charge in [-0.25, -0.2) is 0 Å². The molecule has 0 amide bonds. The van der Waals surface area contributed by atoms with E-state index in [1.54, 1.807) is 0 Å². The summed E-state index contributed by atoms with van der Waals surface area (Å²) >= 11 is 0. The predicted molar refractivity (Wildman–Crippen MR) is 69.4 cm³/mol. The normalized spacial score (nSPS) is 24.3. The van der Waals surface area contributed by atoms with E-state index in [4.69, 9.17) is 4.52 Å². The van der Waals surface area contributed by atoms with Crippen LogP contribution in [0.15, 0.2) is 10.6 Å². The third-order valence-electron chi connectivity index (χ3n) is 4.05. The van der Waals surface area contributed by atoms with E-state index >= 15 is 0 Å². The molecule has 0 saturated carbocycles. The molecule has 0 unspecified atom stereocenters. The van der Waals surface area contributed by atoms with Crippen LogP contribution in [-0.4, -0.2) is 72.2 Å². The zero-order valence-corrected chi connectivity index (χ0v) is 11.3. The number of likely N-dealkylation sites (tertiary alicyclic amines) is 1. The van der Waals surface area contributed by atoms with Crippen molar-refractivity contribution in [1.82, 2.24) is 19.9 Å². The van der Waals surface area contributed by atoms with Crippen LogP contribution in [0.4, 0.5) is 0 Å². The first-order chi connectivity index (χ1) is 8.70. The monoisotopic (exact) mass is 250 g/mol. The van der Waals surface area contributed by atoms with Crippen LogP contribution >= 0.6 is 0 Å². The van der Waals surface area contributed by atoms with E-state index in [-0.39, 0.29) is 0 Å². The van der Waals surface area contributed by atoms with Gasteiger partial charge in [0.2, 0.25) is 0 Å². The first-order valence-electron chi connectivity index (χ1n) is 6.78. The van der Waals surface area contributed by atoms with Crippen LogP contribution in [0, 0.1) is 6.92 Å². The lowest BCUT2D eigenvalue weighted by Gasteiger charge is -2.47. The third kappa shape index (κ3) is 2.58. The molecule has 0 atom stereocenters.